The second kappa shape index (κ2) is 5.71. The fraction of sp³-hybridized carbons (Fsp3) is 0.462. The Labute approximate surface area is 115 Å². The molecule has 1 fully saturated rings. The number of halogens is 1. The Morgan fingerprint density at radius 3 is 2.94 bits per heavy atom. The van der Waals surface area contributed by atoms with Gasteiger partial charge >= 0.3 is 0 Å². The third-order valence-electron chi connectivity index (χ3n) is 3.40. The van der Waals surface area contributed by atoms with Crippen LogP contribution in [-0.2, 0) is 0 Å². The molecular weight excluding hydrogens is 294 g/mol. The minimum atomic E-state index is 0.0692. The van der Waals surface area contributed by atoms with E-state index in [0.29, 0.717) is 0 Å². The maximum absolute atomic E-state index is 9.48. The van der Waals surface area contributed by atoms with Crippen molar-refractivity contribution in [1.29, 1.82) is 5.41 Å². The Morgan fingerprint density at radius 2 is 2.28 bits per heavy atom. The number of aliphatic hydroxyl groups is 1. The summed E-state index contributed by atoms with van der Waals surface area (Å²) in [5.41, 5.74) is 7.31. The highest BCUT2D eigenvalue weighted by atomic mass is 79.9. The molecule has 98 valence electrons. The van der Waals surface area contributed by atoms with Crippen LogP contribution in [0.2, 0.25) is 0 Å². The number of aliphatic hydroxyl groups excluding tert-OH is 1. The topological polar surface area (TPSA) is 73.3 Å². The van der Waals surface area contributed by atoms with Crippen molar-refractivity contribution in [2.24, 2.45) is 5.73 Å². The van der Waals surface area contributed by atoms with Gasteiger partial charge in [0, 0.05) is 22.3 Å². The van der Waals surface area contributed by atoms with Gasteiger partial charge in [0.1, 0.15) is 5.84 Å². The van der Waals surface area contributed by atoms with Gasteiger partial charge in [-0.2, -0.15) is 0 Å². The second-order valence-electron chi connectivity index (χ2n) is 4.60. The van der Waals surface area contributed by atoms with Crippen molar-refractivity contribution in [3.05, 3.63) is 28.2 Å². The summed E-state index contributed by atoms with van der Waals surface area (Å²) in [6.45, 7) is 1.05. The van der Waals surface area contributed by atoms with Crippen molar-refractivity contribution < 1.29 is 5.11 Å². The fourth-order valence-electron chi connectivity index (χ4n) is 2.48. The van der Waals surface area contributed by atoms with Crippen molar-refractivity contribution >= 4 is 27.5 Å². The summed E-state index contributed by atoms with van der Waals surface area (Å²) in [6, 6.07) is 5.85. The van der Waals surface area contributed by atoms with Crippen molar-refractivity contribution in [2.45, 2.75) is 25.3 Å². The van der Waals surface area contributed by atoms with E-state index >= 15 is 0 Å². The minimum absolute atomic E-state index is 0.0692. The van der Waals surface area contributed by atoms with Gasteiger partial charge in [0.25, 0.3) is 0 Å². The molecule has 18 heavy (non-hydrogen) atoms. The van der Waals surface area contributed by atoms with E-state index < -0.39 is 0 Å². The molecule has 1 heterocycles. The smallest absolute Gasteiger partial charge is 0.124 e. The van der Waals surface area contributed by atoms with E-state index in [1.165, 1.54) is 0 Å². The number of nitrogens with two attached hydrogens (primary N) is 1. The highest BCUT2D eigenvalue weighted by Gasteiger charge is 2.24. The predicted octanol–water partition coefficient (Wildman–Crippen LogP) is 2.08. The molecule has 2 rings (SSSR count). The molecule has 4 nitrogen and oxygen atoms in total. The Morgan fingerprint density at radius 1 is 1.50 bits per heavy atom. The monoisotopic (exact) mass is 311 g/mol. The Kier molecular flexibility index (Phi) is 4.24. The van der Waals surface area contributed by atoms with Gasteiger partial charge in [-0.3, -0.25) is 5.41 Å². The molecule has 1 saturated heterocycles. The third-order valence-corrected chi connectivity index (χ3v) is 3.89. The van der Waals surface area contributed by atoms with Gasteiger partial charge in [0.05, 0.1) is 12.6 Å². The van der Waals surface area contributed by atoms with Crippen LogP contribution in [0.15, 0.2) is 22.7 Å². The number of amidine groups is 1. The summed E-state index contributed by atoms with van der Waals surface area (Å²) < 4.78 is 0.963. The molecule has 0 radical (unpaired) electrons. The average Bonchev–Trinajstić information content (AvgIpc) is 2.38. The summed E-state index contributed by atoms with van der Waals surface area (Å²) >= 11 is 3.45. The first-order valence-electron chi connectivity index (χ1n) is 6.15. The highest BCUT2D eigenvalue weighted by Crippen LogP contribution is 2.30. The fourth-order valence-corrected chi connectivity index (χ4v) is 2.83. The zero-order valence-corrected chi connectivity index (χ0v) is 11.8. The Balaban J connectivity index is 2.41. The molecule has 1 atom stereocenters. The molecule has 0 bridgehead atoms. The van der Waals surface area contributed by atoms with Crippen LogP contribution in [0.4, 0.5) is 5.69 Å². The van der Waals surface area contributed by atoms with E-state index in [0.717, 1.165) is 41.5 Å². The zero-order valence-electron chi connectivity index (χ0n) is 10.2. The molecule has 1 aliphatic heterocycles. The van der Waals surface area contributed by atoms with Gasteiger partial charge in [-0.25, -0.2) is 0 Å². The SMILES string of the molecule is N=C(N)c1ccc(Br)cc1N1CCCCC1CO. The third kappa shape index (κ3) is 2.67. The maximum atomic E-state index is 9.48. The lowest BCUT2D eigenvalue weighted by atomic mass is 10.00. The summed E-state index contributed by atoms with van der Waals surface area (Å²) in [5, 5.41) is 17.1. The van der Waals surface area contributed by atoms with Crippen LogP contribution in [-0.4, -0.2) is 30.1 Å². The first kappa shape index (κ1) is 13.4. The summed E-state index contributed by atoms with van der Waals surface area (Å²) in [6.07, 6.45) is 3.24. The van der Waals surface area contributed by atoms with Crippen LogP contribution < -0.4 is 10.6 Å². The largest absolute Gasteiger partial charge is 0.394 e. The quantitative estimate of drug-likeness (QED) is 0.591. The molecule has 1 aromatic rings. The number of hydrogen-bond donors (Lipinski definition) is 3. The van der Waals surface area contributed by atoms with Crippen molar-refractivity contribution in [3.8, 4) is 0 Å². The number of benzene rings is 1. The van der Waals surface area contributed by atoms with Crippen molar-refractivity contribution in [2.75, 3.05) is 18.1 Å². The Hall–Kier alpha value is -1.07. The van der Waals surface area contributed by atoms with Gasteiger partial charge in [0.15, 0.2) is 0 Å². The molecule has 1 aliphatic rings. The van der Waals surface area contributed by atoms with Gasteiger partial charge < -0.3 is 15.7 Å². The molecule has 0 saturated carbocycles. The summed E-state index contributed by atoms with van der Waals surface area (Å²) in [7, 11) is 0. The number of anilines is 1. The lowest BCUT2D eigenvalue weighted by Crippen LogP contribution is -2.42. The second-order valence-corrected chi connectivity index (χ2v) is 5.52. The number of rotatable bonds is 3. The Bertz CT molecular complexity index is 450. The summed E-state index contributed by atoms with van der Waals surface area (Å²) in [4.78, 5) is 2.17. The molecule has 0 amide bonds. The number of nitrogen functional groups attached to an aromatic ring is 1. The van der Waals surface area contributed by atoms with Crippen molar-refractivity contribution in [1.82, 2.24) is 0 Å². The number of piperidine rings is 1. The number of nitrogens with zero attached hydrogens (tertiary/aromatic N) is 1. The normalized spacial score (nSPS) is 19.9. The lowest BCUT2D eigenvalue weighted by Gasteiger charge is -2.37. The highest BCUT2D eigenvalue weighted by molar-refractivity contribution is 9.10. The molecule has 5 heteroatoms. The van der Waals surface area contributed by atoms with Gasteiger partial charge in [-0.05, 0) is 37.5 Å². The standard InChI is InChI=1S/C13H18BrN3O/c14-9-4-5-11(13(15)16)12(7-9)17-6-2-1-3-10(17)8-18/h4-5,7,10,18H,1-3,6,8H2,(H3,15,16). The van der Waals surface area contributed by atoms with Crippen LogP contribution in [0.5, 0.6) is 0 Å². The maximum Gasteiger partial charge on any atom is 0.124 e. The molecule has 0 aliphatic carbocycles. The molecule has 0 spiro atoms. The van der Waals surface area contributed by atoms with Gasteiger partial charge in [-0.1, -0.05) is 15.9 Å². The number of nitrogens with one attached hydrogen (secondary N) is 1. The van der Waals surface area contributed by atoms with E-state index in [2.05, 4.69) is 20.8 Å². The molecule has 1 aromatic carbocycles. The first-order valence-corrected chi connectivity index (χ1v) is 6.94. The van der Waals surface area contributed by atoms with E-state index in [4.69, 9.17) is 11.1 Å². The average molecular weight is 312 g/mol. The van der Waals surface area contributed by atoms with Crippen LogP contribution in [0, 0.1) is 5.41 Å². The van der Waals surface area contributed by atoms with Crippen LogP contribution >= 0.6 is 15.9 Å². The van der Waals surface area contributed by atoms with E-state index in [1.807, 2.05) is 18.2 Å². The van der Waals surface area contributed by atoms with E-state index in [1.54, 1.807) is 0 Å². The lowest BCUT2D eigenvalue weighted by molar-refractivity contribution is 0.240. The molecule has 4 N–H and O–H groups in total. The van der Waals surface area contributed by atoms with E-state index in [-0.39, 0.29) is 18.5 Å². The van der Waals surface area contributed by atoms with Crippen molar-refractivity contribution in [3.63, 3.8) is 0 Å². The van der Waals surface area contributed by atoms with Crippen LogP contribution in [0.25, 0.3) is 0 Å². The van der Waals surface area contributed by atoms with Gasteiger partial charge in [-0.15, -0.1) is 0 Å². The summed E-state index contributed by atoms with van der Waals surface area (Å²) in [5.74, 6) is 0.0692. The van der Waals surface area contributed by atoms with Gasteiger partial charge in [0.2, 0.25) is 0 Å². The molecule has 1 unspecified atom stereocenters. The number of hydrogen-bond acceptors (Lipinski definition) is 3. The minimum Gasteiger partial charge on any atom is -0.394 e. The zero-order chi connectivity index (χ0) is 13.1. The van der Waals surface area contributed by atoms with E-state index in [9.17, 15) is 5.11 Å². The molecular formula is C13H18BrN3O. The van der Waals surface area contributed by atoms with Crippen LogP contribution in [0.1, 0.15) is 24.8 Å². The van der Waals surface area contributed by atoms with Crippen LogP contribution in [0.3, 0.4) is 0 Å². The predicted molar refractivity (Wildman–Crippen MR) is 77.2 cm³/mol. The first-order chi connectivity index (χ1) is 8.63. The molecule has 0 aromatic heterocycles.